The molecule has 4 rings (SSSR count). The fourth-order valence-electron chi connectivity index (χ4n) is 3.48. The Morgan fingerprint density at radius 3 is 2.46 bits per heavy atom. The molecule has 2 aromatic carbocycles. The number of carbonyl (C=O) groups is 2. The van der Waals surface area contributed by atoms with Crippen LogP contribution in [0.25, 0.3) is 26.7 Å². The Labute approximate surface area is 211 Å². The summed E-state index contributed by atoms with van der Waals surface area (Å²) in [6.07, 6.45) is 1.17. The Hall–Kier alpha value is -3.47. The summed E-state index contributed by atoms with van der Waals surface area (Å²) in [5.74, 6) is -1.10. The smallest absolute Gasteiger partial charge is 0.274 e. The van der Waals surface area contributed by atoms with E-state index in [9.17, 15) is 18.0 Å². The third-order valence-corrected chi connectivity index (χ3v) is 7.74. The number of nitrogens with two attached hydrogens (primary N) is 1. The minimum Gasteiger partial charge on any atom is -0.368 e. The lowest BCUT2D eigenvalue weighted by atomic mass is 10.2. The second-order valence-electron chi connectivity index (χ2n) is 7.87. The molecule has 2 aromatic heterocycles. The maximum absolute atomic E-state index is 12.9. The van der Waals surface area contributed by atoms with Gasteiger partial charge in [0.25, 0.3) is 5.91 Å². The monoisotopic (exact) mass is 528 g/mol. The number of primary amides is 1. The highest BCUT2D eigenvalue weighted by Gasteiger charge is 2.22. The van der Waals surface area contributed by atoms with Gasteiger partial charge in [-0.15, -0.1) is 11.3 Å². The zero-order chi connectivity index (χ0) is 25.3. The Morgan fingerprint density at radius 1 is 1.06 bits per heavy atom. The molecular formula is C24H21ClN4O4S2. The lowest BCUT2D eigenvalue weighted by Gasteiger charge is -2.13. The molecule has 0 radical (unpaired) electrons. The summed E-state index contributed by atoms with van der Waals surface area (Å²) < 4.78 is 25.5. The zero-order valence-electron chi connectivity index (χ0n) is 18.8. The van der Waals surface area contributed by atoms with Crippen molar-refractivity contribution in [2.75, 3.05) is 19.8 Å². The summed E-state index contributed by atoms with van der Waals surface area (Å²) in [6, 6.07) is 19.2. The van der Waals surface area contributed by atoms with E-state index in [1.807, 2.05) is 24.3 Å². The van der Waals surface area contributed by atoms with Gasteiger partial charge in [-0.05, 0) is 48.0 Å². The average molecular weight is 529 g/mol. The van der Waals surface area contributed by atoms with Crippen LogP contribution in [0.5, 0.6) is 0 Å². The number of likely N-dealkylation sites (N-methyl/N-ethyl adjacent to an activating group) is 1. The van der Waals surface area contributed by atoms with Crippen molar-refractivity contribution in [1.82, 2.24) is 14.7 Å². The molecule has 2 N–H and O–H groups in total. The number of hydrogen-bond donors (Lipinski definition) is 1. The van der Waals surface area contributed by atoms with Crippen molar-refractivity contribution in [2.45, 2.75) is 4.90 Å². The third kappa shape index (κ3) is 5.29. The predicted octanol–water partition coefficient (Wildman–Crippen LogP) is 3.88. The number of nitrogens with zero attached hydrogens (tertiary/aromatic N) is 3. The molecule has 4 aromatic rings. The lowest BCUT2D eigenvalue weighted by molar-refractivity contribution is -0.118. The van der Waals surface area contributed by atoms with Crippen LogP contribution in [0.2, 0.25) is 5.02 Å². The van der Waals surface area contributed by atoms with Crippen molar-refractivity contribution < 1.29 is 18.0 Å². The van der Waals surface area contributed by atoms with Crippen molar-refractivity contribution in [3.8, 4) is 26.7 Å². The minimum absolute atomic E-state index is 0.123. The molecule has 8 nitrogen and oxygen atoms in total. The molecule has 0 aliphatic carbocycles. The van der Waals surface area contributed by atoms with E-state index in [1.54, 1.807) is 47.1 Å². The summed E-state index contributed by atoms with van der Waals surface area (Å²) in [4.78, 5) is 27.2. The van der Waals surface area contributed by atoms with Crippen molar-refractivity contribution in [3.63, 3.8) is 0 Å². The fraction of sp³-hybridized carbons (Fsp3) is 0.125. The van der Waals surface area contributed by atoms with Gasteiger partial charge in [0.1, 0.15) is 0 Å². The summed E-state index contributed by atoms with van der Waals surface area (Å²) >= 11 is 7.85. The molecule has 0 fully saturated rings. The van der Waals surface area contributed by atoms with Gasteiger partial charge in [0.05, 0.1) is 32.7 Å². The molecular weight excluding hydrogens is 508 g/mol. The van der Waals surface area contributed by atoms with Crippen LogP contribution in [0.15, 0.2) is 71.6 Å². The first-order chi connectivity index (χ1) is 16.5. The third-order valence-electron chi connectivity index (χ3n) is 5.15. The number of aromatic nitrogens is 2. The van der Waals surface area contributed by atoms with E-state index in [-0.39, 0.29) is 17.1 Å². The van der Waals surface area contributed by atoms with Crippen LogP contribution in [0, 0.1) is 0 Å². The van der Waals surface area contributed by atoms with E-state index < -0.39 is 21.7 Å². The summed E-state index contributed by atoms with van der Waals surface area (Å²) in [7, 11) is -1.88. The molecule has 180 valence electrons. The van der Waals surface area contributed by atoms with Gasteiger partial charge in [-0.25, -0.2) is 13.1 Å². The van der Waals surface area contributed by atoms with E-state index >= 15 is 0 Å². The highest BCUT2D eigenvalue weighted by molar-refractivity contribution is 7.90. The van der Waals surface area contributed by atoms with Gasteiger partial charge >= 0.3 is 0 Å². The van der Waals surface area contributed by atoms with Gasteiger partial charge in [-0.1, -0.05) is 35.9 Å². The molecule has 0 bridgehead atoms. The van der Waals surface area contributed by atoms with Crippen LogP contribution in [0.3, 0.4) is 0 Å². The van der Waals surface area contributed by atoms with Crippen LogP contribution in [0.4, 0.5) is 0 Å². The van der Waals surface area contributed by atoms with Gasteiger partial charge in [0, 0.05) is 18.2 Å². The number of benzene rings is 2. The van der Waals surface area contributed by atoms with Crippen LogP contribution < -0.4 is 5.73 Å². The lowest BCUT2D eigenvalue weighted by Crippen LogP contribution is -2.35. The number of thiophene rings is 1. The first kappa shape index (κ1) is 24.6. The highest BCUT2D eigenvalue weighted by atomic mass is 35.5. The van der Waals surface area contributed by atoms with E-state index in [0.29, 0.717) is 16.4 Å². The number of para-hydroxylation sites is 1. The number of rotatable bonds is 7. The molecule has 2 amide bonds. The molecule has 11 heteroatoms. The van der Waals surface area contributed by atoms with E-state index in [2.05, 4.69) is 5.10 Å². The molecule has 0 saturated carbocycles. The number of sulfone groups is 1. The Morgan fingerprint density at radius 2 is 1.77 bits per heavy atom. The van der Waals surface area contributed by atoms with Crippen LogP contribution in [0.1, 0.15) is 10.5 Å². The largest absolute Gasteiger partial charge is 0.368 e. The Balaban J connectivity index is 1.81. The zero-order valence-corrected chi connectivity index (χ0v) is 21.2. The molecule has 35 heavy (non-hydrogen) atoms. The maximum Gasteiger partial charge on any atom is 0.274 e. The molecule has 0 aliphatic rings. The highest BCUT2D eigenvalue weighted by Crippen LogP contribution is 2.37. The average Bonchev–Trinajstić information content (AvgIpc) is 3.45. The second kappa shape index (κ2) is 9.65. The van der Waals surface area contributed by atoms with Gasteiger partial charge in [0.2, 0.25) is 5.91 Å². The summed E-state index contributed by atoms with van der Waals surface area (Å²) in [6.45, 7) is -0.243. The van der Waals surface area contributed by atoms with Crippen molar-refractivity contribution in [2.24, 2.45) is 5.73 Å². The summed E-state index contributed by atoms with van der Waals surface area (Å²) in [5, 5.41) is 4.93. The van der Waals surface area contributed by atoms with Gasteiger partial charge < -0.3 is 10.6 Å². The number of halogens is 1. The molecule has 0 saturated heterocycles. The van der Waals surface area contributed by atoms with Gasteiger partial charge in [-0.2, -0.15) is 5.10 Å². The molecule has 0 unspecified atom stereocenters. The van der Waals surface area contributed by atoms with E-state index in [4.69, 9.17) is 17.3 Å². The molecule has 0 atom stereocenters. The fourth-order valence-corrected chi connectivity index (χ4v) is 5.37. The van der Waals surface area contributed by atoms with E-state index in [0.717, 1.165) is 15.3 Å². The topological polar surface area (TPSA) is 115 Å². The second-order valence-corrected chi connectivity index (χ2v) is 11.4. The standard InChI is InChI=1S/C24H21ClN4O4S2/c1-28(14-23(26)30)24(31)18-13-20(29(27-18)19-9-4-3-8-17(19)25)22-11-10-21(34-22)15-6-5-7-16(12-15)35(2,32)33/h3-13H,14H2,1-2H3,(H2,26,30). The SMILES string of the molecule is CN(CC(N)=O)C(=O)c1cc(-c2ccc(-c3cccc(S(C)(=O)=O)c3)s2)n(-c2ccccc2Cl)n1. The number of hydrogen-bond acceptors (Lipinski definition) is 6. The van der Waals surface area contributed by atoms with Crippen LogP contribution in [-0.4, -0.2) is 54.8 Å². The first-order valence-electron chi connectivity index (χ1n) is 10.3. The van der Waals surface area contributed by atoms with Crippen molar-refractivity contribution >= 4 is 44.6 Å². The number of carbonyl (C=O) groups excluding carboxylic acids is 2. The van der Waals surface area contributed by atoms with Crippen molar-refractivity contribution in [1.29, 1.82) is 0 Å². The first-order valence-corrected chi connectivity index (χ1v) is 13.4. The normalized spacial score (nSPS) is 11.4. The maximum atomic E-state index is 12.9. The van der Waals surface area contributed by atoms with E-state index in [1.165, 1.54) is 29.5 Å². The van der Waals surface area contributed by atoms with Crippen LogP contribution >= 0.6 is 22.9 Å². The molecule has 2 heterocycles. The quantitative estimate of drug-likeness (QED) is 0.391. The Bertz CT molecular complexity index is 1540. The van der Waals surface area contributed by atoms with Gasteiger partial charge in [0.15, 0.2) is 15.5 Å². The van der Waals surface area contributed by atoms with Gasteiger partial charge in [-0.3, -0.25) is 9.59 Å². The molecule has 0 aliphatic heterocycles. The van der Waals surface area contributed by atoms with Crippen LogP contribution in [-0.2, 0) is 14.6 Å². The number of amides is 2. The minimum atomic E-state index is -3.35. The Kier molecular flexibility index (Phi) is 6.79. The predicted molar refractivity (Wildman–Crippen MR) is 137 cm³/mol. The van der Waals surface area contributed by atoms with Crippen molar-refractivity contribution in [3.05, 3.63) is 77.4 Å². The summed E-state index contributed by atoms with van der Waals surface area (Å²) in [5.41, 5.74) is 7.30. The molecule has 0 spiro atoms.